The minimum atomic E-state index is -0.152. The molecule has 2 heteroatoms. The molecule has 0 bridgehead atoms. The molecule has 0 atom stereocenters. The summed E-state index contributed by atoms with van der Waals surface area (Å²) in [6, 6.07) is 85.9. The summed E-state index contributed by atoms with van der Waals surface area (Å²) in [6.45, 7) is 4.76. The van der Waals surface area contributed by atoms with Crippen LogP contribution in [0.25, 0.3) is 72.0 Å². The molecule has 1 heterocycles. The highest BCUT2D eigenvalue weighted by Gasteiger charge is 2.38. The first-order valence-electron chi connectivity index (χ1n) is 23.6. The second-order valence-electron chi connectivity index (χ2n) is 18.8. The summed E-state index contributed by atoms with van der Waals surface area (Å²) in [5.74, 6) is 0. The lowest BCUT2D eigenvalue weighted by molar-refractivity contribution is 0.660. The number of fused-ring (bicyclic) bond motifs is 12. The maximum atomic E-state index is 2.57. The quantitative estimate of drug-likeness (QED) is 0.167. The lowest BCUT2D eigenvalue weighted by Crippen LogP contribution is -2.16. The van der Waals surface area contributed by atoms with Crippen molar-refractivity contribution in [3.05, 3.63) is 264 Å². The van der Waals surface area contributed by atoms with Gasteiger partial charge in [-0.05, 0) is 128 Å². The molecule has 2 nitrogen and oxygen atoms in total. The Hall–Kier alpha value is -8.20. The summed E-state index contributed by atoms with van der Waals surface area (Å²) in [6.07, 6.45) is 1.63. The standard InChI is InChI=1S/C65H48N2/c1-65(2)56-31-14-12-28-54(56)64-57(65)32-18-36-61(64)67(49-39-37-43(38-40-49)52-30-17-35-60-63(52)55-29-13-15-33-58(55)66(60)48-23-4-3-5-24-48)59-34-16-22-47-42-45-20-7-10-26-51(45)50-25-9-6-19-44(50)41-46-21-8-11-27-53(46)62(47)59/h3-40H,41-42H2,1-2H3. The van der Waals surface area contributed by atoms with Gasteiger partial charge in [-0.25, -0.2) is 0 Å². The summed E-state index contributed by atoms with van der Waals surface area (Å²) in [5.41, 5.74) is 25.1. The van der Waals surface area contributed by atoms with Crippen LogP contribution in [0.1, 0.15) is 47.2 Å². The fraction of sp³-hybridized carbons (Fsp3) is 0.0769. The normalized spacial score (nSPS) is 13.2. The molecule has 318 valence electrons. The number of nitrogens with zero attached hydrogens (tertiary/aromatic N) is 2. The zero-order valence-electron chi connectivity index (χ0n) is 37.7. The Bertz CT molecular complexity index is 3720. The largest absolute Gasteiger partial charge is 0.309 e. The van der Waals surface area contributed by atoms with Crippen molar-refractivity contribution in [2.24, 2.45) is 0 Å². The number of benzene rings is 10. The van der Waals surface area contributed by atoms with Crippen molar-refractivity contribution in [1.29, 1.82) is 0 Å². The zero-order chi connectivity index (χ0) is 44.6. The van der Waals surface area contributed by atoms with E-state index in [1.165, 1.54) is 111 Å². The molecule has 13 rings (SSSR count). The molecule has 2 aliphatic rings. The third-order valence-electron chi connectivity index (χ3n) is 14.7. The number of para-hydroxylation sites is 2. The third-order valence-corrected chi connectivity index (χ3v) is 14.7. The van der Waals surface area contributed by atoms with Crippen molar-refractivity contribution in [3.63, 3.8) is 0 Å². The maximum Gasteiger partial charge on any atom is 0.0547 e. The average molecular weight is 857 g/mol. The average Bonchev–Trinajstić information content (AvgIpc) is 3.84. The Morgan fingerprint density at radius 3 is 1.63 bits per heavy atom. The van der Waals surface area contributed by atoms with E-state index in [0.717, 1.165) is 24.2 Å². The van der Waals surface area contributed by atoms with Gasteiger partial charge in [0.15, 0.2) is 0 Å². The molecule has 0 saturated heterocycles. The molecule has 2 aliphatic carbocycles. The van der Waals surface area contributed by atoms with Gasteiger partial charge in [0, 0.05) is 38.7 Å². The second kappa shape index (κ2) is 15.5. The van der Waals surface area contributed by atoms with Gasteiger partial charge in [-0.1, -0.05) is 196 Å². The van der Waals surface area contributed by atoms with Crippen LogP contribution in [0.5, 0.6) is 0 Å². The molecule has 11 aromatic rings. The van der Waals surface area contributed by atoms with Gasteiger partial charge in [0.1, 0.15) is 0 Å². The first kappa shape index (κ1) is 39.2. The minimum absolute atomic E-state index is 0.152. The zero-order valence-corrected chi connectivity index (χ0v) is 37.7. The molecule has 67 heavy (non-hydrogen) atoms. The lowest BCUT2D eigenvalue weighted by Gasteiger charge is -2.32. The topological polar surface area (TPSA) is 8.17 Å². The molecule has 0 aliphatic heterocycles. The van der Waals surface area contributed by atoms with Gasteiger partial charge in [-0.2, -0.15) is 0 Å². The number of anilines is 3. The van der Waals surface area contributed by atoms with Gasteiger partial charge in [0.05, 0.1) is 22.4 Å². The summed E-state index contributed by atoms with van der Waals surface area (Å²) >= 11 is 0. The van der Waals surface area contributed by atoms with E-state index < -0.39 is 0 Å². The monoisotopic (exact) mass is 856 g/mol. The smallest absolute Gasteiger partial charge is 0.0547 e. The Morgan fingerprint density at radius 2 is 0.881 bits per heavy atom. The third kappa shape index (κ3) is 6.17. The Balaban J connectivity index is 1.05. The van der Waals surface area contributed by atoms with Crippen molar-refractivity contribution in [1.82, 2.24) is 4.57 Å². The van der Waals surface area contributed by atoms with Crippen molar-refractivity contribution in [2.45, 2.75) is 32.1 Å². The van der Waals surface area contributed by atoms with Gasteiger partial charge >= 0.3 is 0 Å². The second-order valence-corrected chi connectivity index (χ2v) is 18.8. The van der Waals surface area contributed by atoms with E-state index in [4.69, 9.17) is 0 Å². The van der Waals surface area contributed by atoms with Crippen molar-refractivity contribution in [2.75, 3.05) is 4.90 Å². The van der Waals surface area contributed by atoms with Crippen LogP contribution in [0.15, 0.2) is 231 Å². The highest BCUT2D eigenvalue weighted by atomic mass is 15.1. The van der Waals surface area contributed by atoms with Crippen LogP contribution in [-0.4, -0.2) is 4.57 Å². The number of aromatic nitrogens is 1. The van der Waals surface area contributed by atoms with Crippen LogP contribution >= 0.6 is 0 Å². The van der Waals surface area contributed by atoms with Crippen LogP contribution in [-0.2, 0) is 18.3 Å². The van der Waals surface area contributed by atoms with Crippen molar-refractivity contribution in [3.8, 4) is 50.2 Å². The number of rotatable bonds is 5. The van der Waals surface area contributed by atoms with Crippen LogP contribution in [0.2, 0.25) is 0 Å². The van der Waals surface area contributed by atoms with Gasteiger partial charge in [0.2, 0.25) is 0 Å². The molecule has 0 fully saturated rings. The molecule has 0 N–H and O–H groups in total. The van der Waals surface area contributed by atoms with E-state index in [0.29, 0.717) is 0 Å². The minimum Gasteiger partial charge on any atom is -0.309 e. The Labute approximate surface area is 392 Å². The Kier molecular flexibility index (Phi) is 9.05. The van der Waals surface area contributed by atoms with E-state index in [2.05, 4.69) is 254 Å². The molecule has 0 radical (unpaired) electrons. The van der Waals surface area contributed by atoms with Gasteiger partial charge in [-0.3, -0.25) is 0 Å². The van der Waals surface area contributed by atoms with Crippen LogP contribution < -0.4 is 4.90 Å². The van der Waals surface area contributed by atoms with E-state index >= 15 is 0 Å². The molecule has 10 aromatic carbocycles. The number of hydrogen-bond donors (Lipinski definition) is 0. The maximum absolute atomic E-state index is 2.57. The summed E-state index contributed by atoms with van der Waals surface area (Å²) in [5, 5.41) is 2.52. The highest BCUT2D eigenvalue weighted by Crippen LogP contribution is 2.56. The predicted molar refractivity (Wildman–Crippen MR) is 281 cm³/mol. The molecular formula is C65H48N2. The highest BCUT2D eigenvalue weighted by molar-refractivity contribution is 6.16. The molecule has 1 aromatic heterocycles. The van der Waals surface area contributed by atoms with E-state index in [1.54, 1.807) is 0 Å². The first-order chi connectivity index (χ1) is 33.0. The van der Waals surface area contributed by atoms with E-state index in [1.807, 2.05) is 0 Å². The van der Waals surface area contributed by atoms with Gasteiger partial charge in [-0.15, -0.1) is 0 Å². The van der Waals surface area contributed by atoms with Crippen LogP contribution in [0.3, 0.4) is 0 Å². The Morgan fingerprint density at radius 1 is 0.373 bits per heavy atom. The van der Waals surface area contributed by atoms with Crippen LogP contribution in [0, 0.1) is 0 Å². The molecule has 0 amide bonds. The fourth-order valence-electron chi connectivity index (χ4n) is 11.7. The van der Waals surface area contributed by atoms with Crippen molar-refractivity contribution >= 4 is 38.9 Å². The SMILES string of the molecule is CC1(C)c2ccccc2-c2c(N(c3ccc(-c4cccc5c4c4ccccc4n5-c4ccccc4)cc3)c3cccc4c3-c3ccccc3Cc3ccccc3-c3ccccc3C4)cccc21. The summed E-state index contributed by atoms with van der Waals surface area (Å²) < 4.78 is 2.40. The summed E-state index contributed by atoms with van der Waals surface area (Å²) in [7, 11) is 0. The van der Waals surface area contributed by atoms with E-state index in [9.17, 15) is 0 Å². The van der Waals surface area contributed by atoms with Gasteiger partial charge < -0.3 is 9.47 Å². The molecule has 0 spiro atoms. The number of hydrogen-bond acceptors (Lipinski definition) is 1. The fourth-order valence-corrected chi connectivity index (χ4v) is 11.7. The molecular weight excluding hydrogens is 809 g/mol. The molecule has 0 unspecified atom stereocenters. The lowest BCUT2D eigenvalue weighted by atomic mass is 9.82. The van der Waals surface area contributed by atoms with Crippen LogP contribution in [0.4, 0.5) is 17.1 Å². The summed E-state index contributed by atoms with van der Waals surface area (Å²) in [4.78, 5) is 2.57. The predicted octanol–water partition coefficient (Wildman–Crippen LogP) is 17.1. The first-order valence-corrected chi connectivity index (χ1v) is 23.6. The van der Waals surface area contributed by atoms with E-state index in [-0.39, 0.29) is 5.41 Å². The van der Waals surface area contributed by atoms with Gasteiger partial charge in [0.25, 0.3) is 0 Å². The van der Waals surface area contributed by atoms with Crippen molar-refractivity contribution < 1.29 is 0 Å². The molecule has 0 saturated carbocycles.